The van der Waals surface area contributed by atoms with E-state index in [1.807, 2.05) is 22.9 Å². The molecule has 94 valence electrons. The van der Waals surface area contributed by atoms with Crippen molar-refractivity contribution in [2.24, 2.45) is 5.92 Å². The van der Waals surface area contributed by atoms with Crippen molar-refractivity contribution >= 4 is 0 Å². The number of aryl methyl sites for hydroxylation is 1. The summed E-state index contributed by atoms with van der Waals surface area (Å²) in [6, 6.07) is 10.3. The van der Waals surface area contributed by atoms with Gasteiger partial charge in [-0.25, -0.2) is 9.67 Å². The third kappa shape index (κ3) is 2.29. The summed E-state index contributed by atoms with van der Waals surface area (Å²) in [6.45, 7) is 1.04. The van der Waals surface area contributed by atoms with Crippen molar-refractivity contribution in [2.75, 3.05) is 6.61 Å². The second-order valence-corrected chi connectivity index (χ2v) is 4.88. The molecule has 0 aliphatic carbocycles. The average molecular weight is 243 g/mol. The van der Waals surface area contributed by atoms with Crippen LogP contribution in [0.5, 0.6) is 0 Å². The molecule has 3 rings (SSSR count). The lowest BCUT2D eigenvalue weighted by atomic mass is 10.0. The molecule has 2 aromatic rings. The zero-order chi connectivity index (χ0) is 12.4. The van der Waals surface area contributed by atoms with Gasteiger partial charge in [0.2, 0.25) is 0 Å². The van der Waals surface area contributed by atoms with E-state index in [1.165, 1.54) is 5.56 Å². The van der Waals surface area contributed by atoms with Crippen LogP contribution in [0.3, 0.4) is 0 Å². The molecule has 0 saturated heterocycles. The Balaban J connectivity index is 1.78. The zero-order valence-corrected chi connectivity index (χ0v) is 10.3. The van der Waals surface area contributed by atoms with Crippen LogP contribution < -0.4 is 0 Å². The molecule has 0 fully saturated rings. The summed E-state index contributed by atoms with van der Waals surface area (Å²) in [5.41, 5.74) is 1.24. The molecule has 1 aromatic heterocycles. The Hall–Kier alpha value is -1.68. The van der Waals surface area contributed by atoms with Crippen LogP contribution in [0, 0.1) is 5.92 Å². The maximum atomic E-state index is 9.20. The number of aliphatic hydroxyl groups is 1. The summed E-state index contributed by atoms with van der Waals surface area (Å²) in [5, 5.41) is 13.7. The second kappa shape index (κ2) is 4.90. The second-order valence-electron chi connectivity index (χ2n) is 4.88. The van der Waals surface area contributed by atoms with E-state index in [-0.39, 0.29) is 6.61 Å². The van der Waals surface area contributed by atoms with Crippen LogP contribution >= 0.6 is 0 Å². The molecule has 0 spiro atoms. The number of rotatable bonds is 3. The molecular weight excluding hydrogens is 226 g/mol. The smallest absolute Gasteiger partial charge is 0.155 e. The topological polar surface area (TPSA) is 50.9 Å². The van der Waals surface area contributed by atoms with Gasteiger partial charge in [-0.2, -0.15) is 5.10 Å². The van der Waals surface area contributed by atoms with E-state index in [4.69, 9.17) is 0 Å². The maximum Gasteiger partial charge on any atom is 0.155 e. The Morgan fingerprint density at radius 2 is 2.11 bits per heavy atom. The van der Waals surface area contributed by atoms with E-state index in [0.717, 1.165) is 37.5 Å². The molecule has 0 radical (unpaired) electrons. The van der Waals surface area contributed by atoms with Gasteiger partial charge in [0.1, 0.15) is 5.82 Å². The van der Waals surface area contributed by atoms with Crippen molar-refractivity contribution in [1.82, 2.24) is 14.8 Å². The summed E-state index contributed by atoms with van der Waals surface area (Å²) in [7, 11) is 0. The predicted molar refractivity (Wildman–Crippen MR) is 68.2 cm³/mol. The first-order valence-corrected chi connectivity index (χ1v) is 6.42. The van der Waals surface area contributed by atoms with Gasteiger partial charge < -0.3 is 5.11 Å². The van der Waals surface area contributed by atoms with Crippen molar-refractivity contribution in [3.8, 4) is 0 Å². The van der Waals surface area contributed by atoms with Gasteiger partial charge in [0.05, 0.1) is 0 Å². The predicted octanol–water partition coefficient (Wildman–Crippen LogP) is 1.42. The van der Waals surface area contributed by atoms with E-state index in [0.29, 0.717) is 5.92 Å². The molecule has 2 heterocycles. The summed E-state index contributed by atoms with van der Waals surface area (Å²) < 4.78 is 1.96. The Kier molecular flexibility index (Phi) is 3.11. The fourth-order valence-corrected chi connectivity index (χ4v) is 2.43. The Labute approximate surface area is 106 Å². The fourth-order valence-electron chi connectivity index (χ4n) is 2.43. The normalized spacial score (nSPS) is 18.6. The molecule has 0 bridgehead atoms. The van der Waals surface area contributed by atoms with Crippen LogP contribution in [0.15, 0.2) is 30.3 Å². The minimum Gasteiger partial charge on any atom is -0.396 e. The number of hydrogen-bond acceptors (Lipinski definition) is 3. The largest absolute Gasteiger partial charge is 0.396 e. The molecule has 1 aliphatic heterocycles. The van der Waals surface area contributed by atoms with Gasteiger partial charge in [0.25, 0.3) is 0 Å². The van der Waals surface area contributed by atoms with Crippen LogP contribution in [0.2, 0.25) is 0 Å². The van der Waals surface area contributed by atoms with Crippen LogP contribution in [-0.4, -0.2) is 26.5 Å². The molecule has 4 nitrogen and oxygen atoms in total. The molecule has 1 aromatic carbocycles. The Morgan fingerprint density at radius 1 is 1.28 bits per heavy atom. The minimum atomic E-state index is 0.243. The highest BCUT2D eigenvalue weighted by Gasteiger charge is 2.20. The van der Waals surface area contributed by atoms with Gasteiger partial charge in [0.15, 0.2) is 5.82 Å². The first-order valence-electron chi connectivity index (χ1n) is 6.42. The highest BCUT2D eigenvalue weighted by atomic mass is 16.3. The van der Waals surface area contributed by atoms with Crippen LogP contribution in [0.4, 0.5) is 0 Å². The average Bonchev–Trinajstić information content (AvgIpc) is 2.80. The lowest BCUT2D eigenvalue weighted by Crippen LogP contribution is -2.23. The number of nitrogens with zero attached hydrogens (tertiary/aromatic N) is 3. The number of aliphatic hydroxyl groups excluding tert-OH is 1. The van der Waals surface area contributed by atoms with Gasteiger partial charge >= 0.3 is 0 Å². The lowest BCUT2D eigenvalue weighted by molar-refractivity contribution is 0.185. The van der Waals surface area contributed by atoms with Crippen molar-refractivity contribution in [2.45, 2.75) is 25.8 Å². The van der Waals surface area contributed by atoms with Gasteiger partial charge in [-0.15, -0.1) is 0 Å². The Morgan fingerprint density at radius 3 is 2.89 bits per heavy atom. The van der Waals surface area contributed by atoms with Crippen LogP contribution in [0.1, 0.15) is 23.6 Å². The summed E-state index contributed by atoms with van der Waals surface area (Å²) in [4.78, 5) is 4.59. The van der Waals surface area contributed by atoms with Crippen molar-refractivity contribution in [3.05, 3.63) is 47.5 Å². The van der Waals surface area contributed by atoms with Gasteiger partial charge in [-0.05, 0) is 12.0 Å². The quantitative estimate of drug-likeness (QED) is 0.887. The summed E-state index contributed by atoms with van der Waals surface area (Å²) in [5.74, 6) is 2.28. The molecule has 4 heteroatoms. The highest BCUT2D eigenvalue weighted by Crippen LogP contribution is 2.18. The first kappa shape index (κ1) is 11.4. The molecule has 18 heavy (non-hydrogen) atoms. The molecule has 0 saturated carbocycles. The van der Waals surface area contributed by atoms with Crippen molar-refractivity contribution in [1.29, 1.82) is 0 Å². The van der Waals surface area contributed by atoms with Crippen LogP contribution in [-0.2, 0) is 19.4 Å². The van der Waals surface area contributed by atoms with Gasteiger partial charge in [-0.1, -0.05) is 30.3 Å². The van der Waals surface area contributed by atoms with Gasteiger partial charge in [0, 0.05) is 31.9 Å². The summed E-state index contributed by atoms with van der Waals surface area (Å²) >= 11 is 0. The number of aromatic nitrogens is 3. The Bertz CT molecular complexity index is 521. The molecule has 0 amide bonds. The SMILES string of the molecule is OCC1CCc2nc(Cc3ccccc3)nn2C1. The highest BCUT2D eigenvalue weighted by molar-refractivity contribution is 5.18. The number of fused-ring (bicyclic) bond motifs is 1. The number of benzene rings is 1. The molecule has 1 aliphatic rings. The van der Waals surface area contributed by atoms with E-state index in [1.54, 1.807) is 0 Å². The van der Waals surface area contributed by atoms with Gasteiger partial charge in [-0.3, -0.25) is 0 Å². The third-order valence-electron chi connectivity index (χ3n) is 3.46. The van der Waals surface area contributed by atoms with Crippen LogP contribution in [0.25, 0.3) is 0 Å². The monoisotopic (exact) mass is 243 g/mol. The standard InChI is InChI=1S/C14H17N3O/c18-10-12-6-7-14-15-13(16-17(14)9-12)8-11-4-2-1-3-5-11/h1-5,12,18H,6-10H2. The zero-order valence-electron chi connectivity index (χ0n) is 10.3. The van der Waals surface area contributed by atoms with E-state index >= 15 is 0 Å². The molecule has 1 atom stereocenters. The lowest BCUT2D eigenvalue weighted by Gasteiger charge is -2.19. The molecule has 1 unspecified atom stereocenters. The first-order chi connectivity index (χ1) is 8.85. The van der Waals surface area contributed by atoms with Crippen molar-refractivity contribution in [3.63, 3.8) is 0 Å². The van der Waals surface area contributed by atoms with E-state index < -0.39 is 0 Å². The molecular formula is C14H17N3O. The third-order valence-corrected chi connectivity index (χ3v) is 3.46. The summed E-state index contributed by atoms with van der Waals surface area (Å²) in [6.07, 6.45) is 2.72. The fraction of sp³-hybridized carbons (Fsp3) is 0.429. The van der Waals surface area contributed by atoms with E-state index in [2.05, 4.69) is 22.2 Å². The van der Waals surface area contributed by atoms with Crippen molar-refractivity contribution < 1.29 is 5.11 Å². The number of hydrogen-bond donors (Lipinski definition) is 1. The maximum absolute atomic E-state index is 9.20. The minimum absolute atomic E-state index is 0.243. The van der Waals surface area contributed by atoms with E-state index in [9.17, 15) is 5.11 Å². The molecule has 1 N–H and O–H groups in total.